The molecular formula is C20H24Cl2N2O2. The smallest absolute Gasteiger partial charge is 0.176 e. The summed E-state index contributed by atoms with van der Waals surface area (Å²) in [6, 6.07) is 18.8. The van der Waals surface area contributed by atoms with Gasteiger partial charge < -0.3 is 5.32 Å². The van der Waals surface area contributed by atoms with Gasteiger partial charge in [-0.05, 0) is 0 Å². The average Bonchev–Trinajstić information content (AvgIpc) is 2.64. The Labute approximate surface area is 166 Å². The molecule has 26 heavy (non-hydrogen) atoms. The highest BCUT2D eigenvalue weighted by Gasteiger charge is 2.26. The highest BCUT2D eigenvalue weighted by Crippen LogP contribution is 2.13. The minimum Gasteiger partial charge on any atom is -0.314 e. The van der Waals surface area contributed by atoms with E-state index in [1.54, 1.807) is 0 Å². The average molecular weight is 395 g/mol. The molecule has 4 nitrogen and oxygen atoms in total. The fourth-order valence-corrected chi connectivity index (χ4v) is 3.07. The van der Waals surface area contributed by atoms with Crippen LogP contribution in [0.5, 0.6) is 0 Å². The van der Waals surface area contributed by atoms with Gasteiger partial charge >= 0.3 is 0 Å². The van der Waals surface area contributed by atoms with E-state index in [9.17, 15) is 9.59 Å². The second-order valence-corrected chi connectivity index (χ2v) is 6.11. The third kappa shape index (κ3) is 5.92. The predicted molar refractivity (Wildman–Crippen MR) is 109 cm³/mol. The lowest BCUT2D eigenvalue weighted by atomic mass is 10.0. The Hall–Kier alpha value is -1.72. The van der Waals surface area contributed by atoms with Crippen molar-refractivity contribution in [2.24, 2.45) is 0 Å². The van der Waals surface area contributed by atoms with Crippen LogP contribution in [-0.2, 0) is 0 Å². The van der Waals surface area contributed by atoms with Gasteiger partial charge in [0.25, 0.3) is 0 Å². The Morgan fingerprint density at radius 2 is 1.42 bits per heavy atom. The van der Waals surface area contributed by atoms with Crippen LogP contribution in [0.15, 0.2) is 60.7 Å². The molecule has 1 atom stereocenters. The molecule has 140 valence electrons. The van der Waals surface area contributed by atoms with E-state index >= 15 is 0 Å². The number of ketones is 2. The van der Waals surface area contributed by atoms with Gasteiger partial charge in [-0.1, -0.05) is 60.7 Å². The van der Waals surface area contributed by atoms with Gasteiger partial charge in [-0.2, -0.15) is 0 Å². The summed E-state index contributed by atoms with van der Waals surface area (Å²) >= 11 is 0. The molecule has 0 bridgehead atoms. The van der Waals surface area contributed by atoms with Crippen LogP contribution in [0.1, 0.15) is 27.1 Å². The van der Waals surface area contributed by atoms with Gasteiger partial charge in [0, 0.05) is 43.2 Å². The van der Waals surface area contributed by atoms with Crippen molar-refractivity contribution >= 4 is 36.4 Å². The number of carbonyl (C=O) groups excluding carboxylic acids is 2. The molecule has 2 aromatic rings. The van der Waals surface area contributed by atoms with Crippen molar-refractivity contribution in [1.29, 1.82) is 0 Å². The first-order valence-electron chi connectivity index (χ1n) is 8.35. The Morgan fingerprint density at radius 1 is 0.885 bits per heavy atom. The minimum absolute atomic E-state index is 0. The SMILES string of the molecule is Cl.Cl.O=C(CC1CNCCN1CC(=O)c1ccccc1)c1ccccc1. The van der Waals surface area contributed by atoms with Crippen molar-refractivity contribution in [3.05, 3.63) is 71.8 Å². The maximum absolute atomic E-state index is 12.5. The van der Waals surface area contributed by atoms with E-state index in [1.807, 2.05) is 60.7 Å². The van der Waals surface area contributed by atoms with Gasteiger partial charge in [0.2, 0.25) is 0 Å². The Balaban J connectivity index is 0.00000169. The maximum Gasteiger partial charge on any atom is 0.176 e. The molecule has 1 fully saturated rings. The largest absolute Gasteiger partial charge is 0.314 e. The molecule has 3 rings (SSSR count). The minimum atomic E-state index is 0. The second-order valence-electron chi connectivity index (χ2n) is 6.11. The molecule has 0 aliphatic carbocycles. The fraction of sp³-hybridized carbons (Fsp3) is 0.300. The molecule has 0 amide bonds. The third-order valence-electron chi connectivity index (χ3n) is 4.43. The zero-order valence-electron chi connectivity index (χ0n) is 14.5. The number of hydrogen-bond acceptors (Lipinski definition) is 4. The van der Waals surface area contributed by atoms with Crippen LogP contribution in [0.3, 0.4) is 0 Å². The first-order chi connectivity index (χ1) is 11.7. The molecule has 0 radical (unpaired) electrons. The zero-order valence-corrected chi connectivity index (χ0v) is 16.1. The van der Waals surface area contributed by atoms with Crippen molar-refractivity contribution in [2.75, 3.05) is 26.2 Å². The van der Waals surface area contributed by atoms with E-state index in [1.165, 1.54) is 0 Å². The molecule has 1 N–H and O–H groups in total. The van der Waals surface area contributed by atoms with Gasteiger partial charge in [-0.15, -0.1) is 24.8 Å². The van der Waals surface area contributed by atoms with Crippen molar-refractivity contribution < 1.29 is 9.59 Å². The molecular weight excluding hydrogens is 371 g/mol. The third-order valence-corrected chi connectivity index (χ3v) is 4.43. The number of piperazine rings is 1. The Morgan fingerprint density at radius 3 is 2.00 bits per heavy atom. The van der Waals surface area contributed by atoms with Crippen molar-refractivity contribution in [1.82, 2.24) is 10.2 Å². The van der Waals surface area contributed by atoms with Gasteiger partial charge in [0.15, 0.2) is 11.6 Å². The van der Waals surface area contributed by atoms with Crippen molar-refractivity contribution in [3.8, 4) is 0 Å². The summed E-state index contributed by atoms with van der Waals surface area (Å²) < 4.78 is 0. The lowest BCUT2D eigenvalue weighted by Gasteiger charge is -2.35. The second kappa shape index (κ2) is 11.1. The van der Waals surface area contributed by atoms with Crippen LogP contribution in [0, 0.1) is 0 Å². The first kappa shape index (κ1) is 22.3. The van der Waals surface area contributed by atoms with Gasteiger partial charge in [-0.3, -0.25) is 14.5 Å². The van der Waals surface area contributed by atoms with Crippen LogP contribution < -0.4 is 5.32 Å². The van der Waals surface area contributed by atoms with E-state index in [-0.39, 0.29) is 42.4 Å². The molecule has 2 aromatic carbocycles. The summed E-state index contributed by atoms with van der Waals surface area (Å²) in [6.07, 6.45) is 0.430. The van der Waals surface area contributed by atoms with Crippen LogP contribution in [-0.4, -0.2) is 48.7 Å². The lowest BCUT2D eigenvalue weighted by Crippen LogP contribution is -2.53. The molecule has 1 heterocycles. The highest BCUT2D eigenvalue weighted by molar-refractivity contribution is 5.98. The van der Waals surface area contributed by atoms with Crippen molar-refractivity contribution in [3.63, 3.8) is 0 Å². The summed E-state index contributed by atoms with van der Waals surface area (Å²) in [5.41, 5.74) is 1.46. The Kier molecular flexibility index (Phi) is 9.52. The zero-order chi connectivity index (χ0) is 16.8. The number of Topliss-reactive ketones (excluding diaryl/α,β-unsaturated/α-hetero) is 2. The van der Waals surface area contributed by atoms with Crippen molar-refractivity contribution in [2.45, 2.75) is 12.5 Å². The van der Waals surface area contributed by atoms with E-state index in [0.717, 1.165) is 30.8 Å². The molecule has 0 aromatic heterocycles. The topological polar surface area (TPSA) is 49.4 Å². The number of nitrogens with zero attached hydrogens (tertiary/aromatic N) is 1. The van der Waals surface area contributed by atoms with Crippen LogP contribution in [0.2, 0.25) is 0 Å². The number of nitrogens with one attached hydrogen (secondary N) is 1. The normalized spacial score (nSPS) is 16.8. The summed E-state index contributed by atoms with van der Waals surface area (Å²) in [5, 5.41) is 3.33. The number of halogens is 2. The maximum atomic E-state index is 12.5. The first-order valence-corrected chi connectivity index (χ1v) is 8.35. The monoisotopic (exact) mass is 394 g/mol. The lowest BCUT2D eigenvalue weighted by molar-refractivity contribution is 0.0791. The van der Waals surface area contributed by atoms with E-state index < -0.39 is 0 Å². The summed E-state index contributed by atoms with van der Waals surface area (Å²) in [4.78, 5) is 27.1. The number of benzene rings is 2. The van der Waals surface area contributed by atoms with E-state index in [4.69, 9.17) is 0 Å². The van der Waals surface area contributed by atoms with Gasteiger partial charge in [-0.25, -0.2) is 0 Å². The summed E-state index contributed by atoms with van der Waals surface area (Å²) in [7, 11) is 0. The molecule has 1 aliphatic rings. The molecule has 1 unspecified atom stereocenters. The van der Waals surface area contributed by atoms with Gasteiger partial charge in [0.1, 0.15) is 0 Å². The van der Waals surface area contributed by atoms with Gasteiger partial charge in [0.05, 0.1) is 6.54 Å². The fourth-order valence-electron chi connectivity index (χ4n) is 3.07. The molecule has 6 heteroatoms. The predicted octanol–water partition coefficient (Wildman–Crippen LogP) is 3.26. The molecule has 0 saturated carbocycles. The Bertz CT molecular complexity index is 634. The summed E-state index contributed by atoms with van der Waals surface area (Å²) in [5.74, 6) is 0.233. The molecule has 1 aliphatic heterocycles. The summed E-state index contributed by atoms with van der Waals surface area (Å²) in [6.45, 7) is 2.72. The quantitative estimate of drug-likeness (QED) is 0.763. The van der Waals surface area contributed by atoms with E-state index in [2.05, 4.69) is 10.2 Å². The van der Waals surface area contributed by atoms with E-state index in [0.29, 0.717) is 13.0 Å². The van der Waals surface area contributed by atoms with Crippen LogP contribution in [0.25, 0.3) is 0 Å². The molecule has 1 saturated heterocycles. The molecule has 0 spiro atoms. The highest BCUT2D eigenvalue weighted by atomic mass is 35.5. The number of hydrogen-bond donors (Lipinski definition) is 1. The number of rotatable bonds is 6. The van der Waals surface area contributed by atoms with Crippen LogP contribution in [0.4, 0.5) is 0 Å². The van der Waals surface area contributed by atoms with Crippen LogP contribution >= 0.6 is 24.8 Å². The number of carbonyl (C=O) groups is 2. The standard InChI is InChI=1S/C20H22N2O2.2ClH/c23-19(16-7-3-1-4-8-16)13-18-14-21-11-12-22(18)15-20(24)17-9-5-2-6-10-17;;/h1-10,18,21H,11-15H2;2*1H.